The molecule has 2 aromatic rings. The Morgan fingerprint density at radius 2 is 2.15 bits per heavy atom. The average molecular weight is 367 g/mol. The maximum atomic E-state index is 12.3. The molecule has 27 heavy (non-hydrogen) atoms. The van der Waals surface area contributed by atoms with Crippen LogP contribution >= 0.6 is 0 Å². The van der Waals surface area contributed by atoms with Crippen molar-refractivity contribution in [3.05, 3.63) is 65.1 Å². The average Bonchev–Trinajstić information content (AvgIpc) is 2.65. The van der Waals surface area contributed by atoms with Crippen LogP contribution in [-0.4, -0.2) is 45.8 Å². The fourth-order valence-electron chi connectivity index (χ4n) is 3.20. The molecule has 2 atom stereocenters. The van der Waals surface area contributed by atoms with Gasteiger partial charge in [-0.25, -0.2) is 4.68 Å². The monoisotopic (exact) mass is 367 g/mol. The highest BCUT2D eigenvalue weighted by Crippen LogP contribution is 2.21. The fourth-order valence-corrected chi connectivity index (χ4v) is 3.20. The summed E-state index contributed by atoms with van der Waals surface area (Å²) in [5.74, 6) is 0.608. The second-order valence-corrected chi connectivity index (χ2v) is 6.70. The van der Waals surface area contributed by atoms with Gasteiger partial charge in [0.25, 0.3) is 5.56 Å². The Bertz CT molecular complexity index is 910. The Morgan fingerprint density at radius 3 is 2.78 bits per heavy atom. The molecular weight excluding hydrogens is 338 g/mol. The Morgan fingerprint density at radius 1 is 1.41 bits per heavy atom. The number of hydrogen-bond acceptors (Lipinski definition) is 5. The molecule has 0 saturated carbocycles. The summed E-state index contributed by atoms with van der Waals surface area (Å²) < 4.78 is 1.35. The van der Waals surface area contributed by atoms with E-state index in [1.807, 2.05) is 45.3 Å². The summed E-state index contributed by atoms with van der Waals surface area (Å²) >= 11 is 0. The molecule has 0 fully saturated rings. The first-order chi connectivity index (χ1) is 12.9. The topological polar surface area (TPSA) is 63.1 Å². The van der Waals surface area contributed by atoms with Gasteiger partial charge in [-0.3, -0.25) is 9.78 Å². The zero-order valence-corrected chi connectivity index (χ0v) is 16.8. The number of allylic oxidation sites excluding steroid dienone is 3. The summed E-state index contributed by atoms with van der Waals surface area (Å²) in [6.45, 7) is 8.36. The first-order valence-corrected chi connectivity index (χ1v) is 9.13. The molecule has 0 amide bonds. The molecule has 0 aliphatic heterocycles. The van der Waals surface area contributed by atoms with Crippen LogP contribution in [0, 0.1) is 0 Å². The number of nitrogens with one attached hydrogen (secondary N) is 1. The van der Waals surface area contributed by atoms with Crippen molar-refractivity contribution in [1.82, 2.24) is 19.7 Å². The second-order valence-electron chi connectivity index (χ2n) is 6.70. The second kappa shape index (κ2) is 9.28. The number of pyridine rings is 1. The van der Waals surface area contributed by atoms with Gasteiger partial charge in [-0.05, 0) is 45.1 Å². The van der Waals surface area contributed by atoms with Crippen molar-refractivity contribution < 1.29 is 0 Å². The molecule has 0 aromatic carbocycles. The molecule has 0 radical (unpaired) electrons. The fraction of sp³-hybridized carbons (Fsp3) is 0.381. The van der Waals surface area contributed by atoms with E-state index in [0.29, 0.717) is 16.7 Å². The minimum absolute atomic E-state index is 0.0537. The van der Waals surface area contributed by atoms with E-state index in [9.17, 15) is 4.79 Å². The quantitative estimate of drug-likeness (QED) is 0.726. The summed E-state index contributed by atoms with van der Waals surface area (Å²) in [6, 6.07) is 3.66. The van der Waals surface area contributed by atoms with E-state index >= 15 is 0 Å². The molecule has 6 heteroatoms. The van der Waals surface area contributed by atoms with Crippen LogP contribution in [0.15, 0.2) is 59.6 Å². The van der Waals surface area contributed by atoms with Gasteiger partial charge in [-0.2, -0.15) is 5.10 Å². The standard InChI is InChI=1S/C21H29N5O/c1-7-9-10-12-15(3)19(25(4)5)17(8-2)23-20-18-16(13-11-14-22-18)21(27)26(6)24-20/h7,9-14,17,19H,3,8H2,1-2,4-6H3,(H,23,24)/b9-7-,12-10-/t17-,19-/m0/s1. The van der Waals surface area contributed by atoms with Crippen molar-refractivity contribution in [2.75, 3.05) is 19.4 Å². The number of aromatic nitrogens is 3. The number of fused-ring (bicyclic) bond motifs is 1. The molecule has 0 aliphatic rings. The Hall–Kier alpha value is -2.73. The van der Waals surface area contributed by atoms with Crippen molar-refractivity contribution >= 4 is 16.7 Å². The molecule has 6 nitrogen and oxygen atoms in total. The molecule has 2 rings (SSSR count). The van der Waals surface area contributed by atoms with Gasteiger partial charge in [0.15, 0.2) is 5.82 Å². The SMILES string of the molecule is C=C(/C=C\C=C/C)[C@@H]([C@H](CC)Nc1nn(C)c(=O)c2cccnc12)N(C)C. The lowest BCUT2D eigenvalue weighted by Crippen LogP contribution is -2.44. The predicted molar refractivity (Wildman–Crippen MR) is 113 cm³/mol. The summed E-state index contributed by atoms with van der Waals surface area (Å²) in [5.41, 5.74) is 1.44. The van der Waals surface area contributed by atoms with E-state index in [1.165, 1.54) is 4.68 Å². The third kappa shape index (κ3) is 4.71. The number of nitrogens with zero attached hydrogens (tertiary/aromatic N) is 4. The molecule has 144 valence electrons. The molecule has 1 N–H and O–H groups in total. The van der Waals surface area contributed by atoms with Gasteiger partial charge < -0.3 is 10.2 Å². The molecule has 2 aromatic heterocycles. The normalized spacial score (nSPS) is 14.3. The highest BCUT2D eigenvalue weighted by atomic mass is 16.1. The minimum atomic E-state index is -0.153. The van der Waals surface area contributed by atoms with Gasteiger partial charge in [0.2, 0.25) is 0 Å². The van der Waals surface area contributed by atoms with Crippen LogP contribution < -0.4 is 10.9 Å². The third-order valence-electron chi connectivity index (χ3n) is 4.50. The van der Waals surface area contributed by atoms with Crippen LogP contribution in [0.4, 0.5) is 5.82 Å². The molecule has 0 aliphatic carbocycles. The smallest absolute Gasteiger partial charge is 0.276 e. The van der Waals surface area contributed by atoms with Gasteiger partial charge in [0.05, 0.1) is 11.4 Å². The molecular formula is C21H29N5O. The highest BCUT2D eigenvalue weighted by Gasteiger charge is 2.25. The first kappa shape index (κ1) is 20.6. The molecule has 0 spiro atoms. The maximum Gasteiger partial charge on any atom is 0.276 e. The molecule has 0 unspecified atom stereocenters. The summed E-state index contributed by atoms with van der Waals surface area (Å²) in [5, 5.41) is 8.48. The summed E-state index contributed by atoms with van der Waals surface area (Å²) in [4.78, 5) is 18.9. The minimum Gasteiger partial charge on any atom is -0.362 e. The van der Waals surface area contributed by atoms with Crippen molar-refractivity contribution in [3.63, 3.8) is 0 Å². The van der Waals surface area contributed by atoms with Crippen molar-refractivity contribution in [2.24, 2.45) is 7.05 Å². The van der Waals surface area contributed by atoms with Crippen LogP contribution in [-0.2, 0) is 7.05 Å². The largest absolute Gasteiger partial charge is 0.362 e. The summed E-state index contributed by atoms with van der Waals surface area (Å²) in [7, 11) is 5.73. The van der Waals surface area contributed by atoms with Gasteiger partial charge in [-0.1, -0.05) is 37.8 Å². The van der Waals surface area contributed by atoms with E-state index in [2.05, 4.69) is 33.8 Å². The van der Waals surface area contributed by atoms with E-state index in [0.717, 1.165) is 12.0 Å². The van der Waals surface area contributed by atoms with Crippen LogP contribution in [0.2, 0.25) is 0 Å². The Kier molecular flexibility index (Phi) is 7.07. The zero-order valence-electron chi connectivity index (χ0n) is 16.8. The zero-order chi connectivity index (χ0) is 20.0. The van der Waals surface area contributed by atoms with E-state index in [-0.39, 0.29) is 17.6 Å². The number of rotatable bonds is 8. The van der Waals surface area contributed by atoms with Crippen LogP contribution in [0.1, 0.15) is 20.3 Å². The molecule has 0 saturated heterocycles. The third-order valence-corrected chi connectivity index (χ3v) is 4.50. The number of anilines is 1. The molecule has 2 heterocycles. The van der Waals surface area contributed by atoms with E-state index in [1.54, 1.807) is 25.4 Å². The van der Waals surface area contributed by atoms with Gasteiger partial charge in [-0.15, -0.1) is 0 Å². The lowest BCUT2D eigenvalue weighted by atomic mass is 9.96. The van der Waals surface area contributed by atoms with E-state index < -0.39 is 0 Å². The highest BCUT2D eigenvalue weighted by molar-refractivity contribution is 5.87. The van der Waals surface area contributed by atoms with Crippen molar-refractivity contribution in [1.29, 1.82) is 0 Å². The number of aryl methyl sites for hydroxylation is 1. The van der Waals surface area contributed by atoms with Crippen molar-refractivity contribution in [3.8, 4) is 0 Å². The first-order valence-electron chi connectivity index (χ1n) is 9.13. The Labute approximate surface area is 160 Å². The maximum absolute atomic E-state index is 12.3. The van der Waals surface area contributed by atoms with Crippen LogP contribution in [0.3, 0.4) is 0 Å². The number of likely N-dealkylation sites (N-methyl/N-ethyl adjacent to an activating group) is 1. The predicted octanol–water partition coefficient (Wildman–Crippen LogP) is 3.14. The van der Waals surface area contributed by atoms with E-state index in [4.69, 9.17) is 0 Å². The number of hydrogen-bond donors (Lipinski definition) is 1. The van der Waals surface area contributed by atoms with Crippen LogP contribution in [0.5, 0.6) is 0 Å². The van der Waals surface area contributed by atoms with Gasteiger partial charge >= 0.3 is 0 Å². The Balaban J connectivity index is 2.43. The molecule has 0 bridgehead atoms. The van der Waals surface area contributed by atoms with Crippen LogP contribution in [0.25, 0.3) is 10.9 Å². The van der Waals surface area contributed by atoms with Gasteiger partial charge in [0, 0.05) is 19.3 Å². The summed E-state index contributed by atoms with van der Waals surface area (Å²) in [6.07, 6.45) is 10.5. The lowest BCUT2D eigenvalue weighted by Gasteiger charge is -2.33. The lowest BCUT2D eigenvalue weighted by molar-refractivity contribution is 0.298. The van der Waals surface area contributed by atoms with Crippen molar-refractivity contribution in [2.45, 2.75) is 32.4 Å². The van der Waals surface area contributed by atoms with Gasteiger partial charge in [0.1, 0.15) is 5.52 Å².